The van der Waals surface area contributed by atoms with Gasteiger partial charge in [0, 0.05) is 23.7 Å². The Hall–Kier alpha value is -1.49. The van der Waals surface area contributed by atoms with Crippen molar-refractivity contribution >= 4 is 29.1 Å². The highest BCUT2D eigenvalue weighted by molar-refractivity contribution is 6.36. The Morgan fingerprint density at radius 3 is 2.58 bits per heavy atom. The highest BCUT2D eigenvalue weighted by Crippen LogP contribution is 2.23. The molecule has 0 atom stereocenters. The molecule has 0 aliphatic carbocycles. The maximum Gasteiger partial charge on any atom is 0.252 e. The summed E-state index contributed by atoms with van der Waals surface area (Å²) in [6, 6.07) is 7.06. The van der Waals surface area contributed by atoms with Crippen LogP contribution in [-0.2, 0) is 6.54 Å². The minimum absolute atomic E-state index is 0.140. The molecule has 1 N–H and O–H groups in total. The SMILES string of the molecule is Cc1cc(CN2CCC(CNC(=O)c3ccc(Cl)cc3Cl)CC2)c(C)o1. The van der Waals surface area contributed by atoms with Crippen molar-refractivity contribution in [3.8, 4) is 0 Å². The summed E-state index contributed by atoms with van der Waals surface area (Å²) in [6.45, 7) is 7.68. The van der Waals surface area contributed by atoms with E-state index in [9.17, 15) is 4.79 Å². The summed E-state index contributed by atoms with van der Waals surface area (Å²) >= 11 is 12.0. The van der Waals surface area contributed by atoms with Crippen molar-refractivity contribution in [2.75, 3.05) is 19.6 Å². The van der Waals surface area contributed by atoms with Gasteiger partial charge in [-0.1, -0.05) is 23.2 Å². The second-order valence-corrected chi connectivity index (χ2v) is 7.84. The van der Waals surface area contributed by atoms with Gasteiger partial charge in [-0.15, -0.1) is 0 Å². The van der Waals surface area contributed by atoms with Crippen LogP contribution in [0.4, 0.5) is 0 Å². The number of furan rings is 1. The van der Waals surface area contributed by atoms with Crippen molar-refractivity contribution in [3.05, 3.63) is 57.0 Å². The first kappa shape index (κ1) is 19.3. The van der Waals surface area contributed by atoms with Crippen LogP contribution < -0.4 is 5.32 Å². The molecule has 1 amide bonds. The Labute approximate surface area is 164 Å². The number of carbonyl (C=O) groups excluding carboxylic acids is 1. The average molecular weight is 395 g/mol. The van der Waals surface area contributed by atoms with Gasteiger partial charge in [0.25, 0.3) is 5.91 Å². The second-order valence-electron chi connectivity index (χ2n) is 6.99. The minimum atomic E-state index is -0.140. The lowest BCUT2D eigenvalue weighted by molar-refractivity contribution is 0.0935. The fraction of sp³-hybridized carbons (Fsp3) is 0.450. The van der Waals surface area contributed by atoms with E-state index in [-0.39, 0.29) is 5.91 Å². The number of piperidine rings is 1. The molecule has 1 aliphatic rings. The number of halogens is 2. The molecule has 1 fully saturated rings. The van der Waals surface area contributed by atoms with Crippen LogP contribution in [0.5, 0.6) is 0 Å². The number of nitrogens with zero attached hydrogens (tertiary/aromatic N) is 1. The first-order chi connectivity index (χ1) is 12.4. The number of hydrogen-bond acceptors (Lipinski definition) is 3. The predicted octanol–water partition coefficient (Wildman–Crippen LogP) is 4.85. The number of amides is 1. The molecule has 1 aromatic heterocycles. The van der Waals surface area contributed by atoms with E-state index in [1.54, 1.807) is 18.2 Å². The molecule has 4 nitrogen and oxygen atoms in total. The summed E-state index contributed by atoms with van der Waals surface area (Å²) in [5, 5.41) is 3.92. The predicted molar refractivity (Wildman–Crippen MR) is 105 cm³/mol. The standard InChI is InChI=1S/C20H24Cl2N2O2/c1-13-9-16(14(2)26-13)12-24-7-5-15(6-8-24)11-23-20(25)18-4-3-17(21)10-19(18)22/h3-4,9-10,15H,5-8,11-12H2,1-2H3,(H,23,25). The third-order valence-electron chi connectivity index (χ3n) is 4.97. The third kappa shape index (κ3) is 4.81. The van der Waals surface area contributed by atoms with E-state index >= 15 is 0 Å². The van der Waals surface area contributed by atoms with Crippen LogP contribution in [-0.4, -0.2) is 30.4 Å². The van der Waals surface area contributed by atoms with Crippen molar-refractivity contribution in [3.63, 3.8) is 0 Å². The summed E-state index contributed by atoms with van der Waals surface area (Å²) in [6.07, 6.45) is 2.15. The normalized spacial score (nSPS) is 16.0. The first-order valence-electron chi connectivity index (χ1n) is 8.94. The highest BCUT2D eigenvalue weighted by atomic mass is 35.5. The van der Waals surface area contributed by atoms with Crippen molar-refractivity contribution in [2.45, 2.75) is 33.2 Å². The molecule has 140 valence electrons. The largest absolute Gasteiger partial charge is 0.466 e. The molecule has 0 saturated carbocycles. The maximum absolute atomic E-state index is 12.3. The van der Waals surface area contributed by atoms with Gasteiger partial charge >= 0.3 is 0 Å². The molecule has 1 aromatic carbocycles. The molecule has 26 heavy (non-hydrogen) atoms. The quantitative estimate of drug-likeness (QED) is 0.788. The van der Waals surface area contributed by atoms with Crippen molar-refractivity contribution in [2.24, 2.45) is 5.92 Å². The number of hydrogen-bond donors (Lipinski definition) is 1. The third-order valence-corrected chi connectivity index (χ3v) is 5.52. The Morgan fingerprint density at radius 2 is 1.96 bits per heavy atom. The lowest BCUT2D eigenvalue weighted by Gasteiger charge is -2.31. The van der Waals surface area contributed by atoms with Crippen molar-refractivity contribution in [1.29, 1.82) is 0 Å². The highest BCUT2D eigenvalue weighted by Gasteiger charge is 2.21. The van der Waals surface area contributed by atoms with Gasteiger partial charge in [0.15, 0.2) is 0 Å². The fourth-order valence-corrected chi connectivity index (χ4v) is 3.93. The van der Waals surface area contributed by atoms with Crippen LogP contribution in [0, 0.1) is 19.8 Å². The topological polar surface area (TPSA) is 45.5 Å². The number of aryl methyl sites for hydroxylation is 2. The van der Waals surface area contributed by atoms with Crippen LogP contribution in [0.2, 0.25) is 10.0 Å². The average Bonchev–Trinajstić information content (AvgIpc) is 2.91. The lowest BCUT2D eigenvalue weighted by atomic mass is 9.96. The van der Waals surface area contributed by atoms with E-state index in [0.29, 0.717) is 28.1 Å². The molecule has 0 bridgehead atoms. The second kappa shape index (κ2) is 8.47. The number of rotatable bonds is 5. The minimum Gasteiger partial charge on any atom is -0.466 e. The van der Waals surface area contributed by atoms with E-state index in [1.165, 1.54) is 5.56 Å². The molecule has 1 aliphatic heterocycles. The van der Waals surface area contributed by atoms with Crippen LogP contribution in [0.15, 0.2) is 28.7 Å². The van der Waals surface area contributed by atoms with E-state index in [1.807, 2.05) is 13.8 Å². The van der Waals surface area contributed by atoms with E-state index in [0.717, 1.165) is 44.0 Å². The molecule has 6 heteroatoms. The smallest absolute Gasteiger partial charge is 0.252 e. The van der Waals surface area contributed by atoms with Gasteiger partial charge in [0.2, 0.25) is 0 Å². The van der Waals surface area contributed by atoms with E-state index in [4.69, 9.17) is 27.6 Å². The van der Waals surface area contributed by atoms with Gasteiger partial charge < -0.3 is 9.73 Å². The first-order valence-corrected chi connectivity index (χ1v) is 9.69. The summed E-state index contributed by atoms with van der Waals surface area (Å²) in [7, 11) is 0. The maximum atomic E-state index is 12.3. The van der Waals surface area contributed by atoms with Gasteiger partial charge in [-0.2, -0.15) is 0 Å². The zero-order valence-corrected chi connectivity index (χ0v) is 16.7. The number of nitrogens with one attached hydrogen (secondary N) is 1. The molecule has 2 heterocycles. The summed E-state index contributed by atoms with van der Waals surface area (Å²) in [5.41, 5.74) is 1.74. The number of benzene rings is 1. The molecule has 0 radical (unpaired) electrons. The Morgan fingerprint density at radius 1 is 1.23 bits per heavy atom. The lowest BCUT2D eigenvalue weighted by Crippen LogP contribution is -2.38. The molecular formula is C20H24Cl2N2O2. The van der Waals surface area contributed by atoms with E-state index in [2.05, 4.69) is 16.3 Å². The van der Waals surface area contributed by atoms with Crippen LogP contribution in [0.1, 0.15) is 40.3 Å². The van der Waals surface area contributed by atoms with Crippen molar-refractivity contribution < 1.29 is 9.21 Å². The fourth-order valence-electron chi connectivity index (χ4n) is 3.44. The Bertz CT molecular complexity index is 780. The molecule has 1 saturated heterocycles. The van der Waals surface area contributed by atoms with Crippen molar-refractivity contribution in [1.82, 2.24) is 10.2 Å². The summed E-state index contributed by atoms with van der Waals surface area (Å²) in [4.78, 5) is 14.8. The Kier molecular flexibility index (Phi) is 6.28. The van der Waals surface area contributed by atoms with Crippen LogP contribution >= 0.6 is 23.2 Å². The van der Waals surface area contributed by atoms with Gasteiger partial charge in [-0.3, -0.25) is 9.69 Å². The van der Waals surface area contributed by atoms with Gasteiger partial charge in [-0.05, 0) is 70.0 Å². The van der Waals surface area contributed by atoms with Crippen LogP contribution in [0.3, 0.4) is 0 Å². The molecular weight excluding hydrogens is 371 g/mol. The van der Waals surface area contributed by atoms with Gasteiger partial charge in [0.05, 0.1) is 10.6 Å². The number of carbonyl (C=O) groups is 1. The van der Waals surface area contributed by atoms with Gasteiger partial charge in [0.1, 0.15) is 11.5 Å². The van der Waals surface area contributed by atoms with Gasteiger partial charge in [-0.25, -0.2) is 0 Å². The molecule has 2 aromatic rings. The summed E-state index contributed by atoms with van der Waals surface area (Å²) < 4.78 is 5.61. The zero-order valence-electron chi connectivity index (χ0n) is 15.1. The molecule has 3 rings (SSSR count). The monoisotopic (exact) mass is 394 g/mol. The number of likely N-dealkylation sites (tertiary alicyclic amines) is 1. The summed E-state index contributed by atoms with van der Waals surface area (Å²) in [5.74, 6) is 2.33. The molecule has 0 spiro atoms. The van der Waals surface area contributed by atoms with E-state index < -0.39 is 0 Å². The van der Waals surface area contributed by atoms with Crippen LogP contribution in [0.25, 0.3) is 0 Å². The Balaban J connectivity index is 1.45. The zero-order chi connectivity index (χ0) is 18.7. The molecule has 0 unspecified atom stereocenters.